The summed E-state index contributed by atoms with van der Waals surface area (Å²) in [5, 5.41) is 0. The Balaban J connectivity index is 3.20. The summed E-state index contributed by atoms with van der Waals surface area (Å²) in [4.78, 5) is 0.223. The molecule has 15 heavy (non-hydrogen) atoms. The molecular weight excluding hydrogens is 214 g/mol. The van der Waals surface area contributed by atoms with Crippen LogP contribution in [0.15, 0.2) is 23.1 Å². The van der Waals surface area contributed by atoms with E-state index in [9.17, 15) is 8.42 Å². The van der Waals surface area contributed by atoms with Crippen LogP contribution in [0.1, 0.15) is 13.3 Å². The maximum absolute atomic E-state index is 11.7. The second kappa shape index (κ2) is 4.53. The molecule has 0 atom stereocenters. The van der Waals surface area contributed by atoms with E-state index in [4.69, 9.17) is 10.5 Å². The summed E-state index contributed by atoms with van der Waals surface area (Å²) in [5.74, 6) is 0.587. The molecule has 2 N–H and O–H groups in total. The number of ether oxygens (including phenoxy) is 1. The number of methoxy groups -OCH3 is 1. The zero-order valence-corrected chi connectivity index (χ0v) is 9.67. The van der Waals surface area contributed by atoms with Crippen LogP contribution in [0.25, 0.3) is 0 Å². The maximum atomic E-state index is 11.7. The lowest BCUT2D eigenvalue weighted by atomic mass is 10.3. The Kier molecular flexibility index (Phi) is 3.57. The van der Waals surface area contributed by atoms with Gasteiger partial charge in [0.1, 0.15) is 5.75 Å². The number of benzene rings is 1. The molecule has 1 aromatic carbocycles. The largest absolute Gasteiger partial charge is 0.497 e. The summed E-state index contributed by atoms with van der Waals surface area (Å²) >= 11 is 0. The van der Waals surface area contributed by atoms with Gasteiger partial charge in [0.05, 0.1) is 17.8 Å². The molecule has 0 unspecified atom stereocenters. The van der Waals surface area contributed by atoms with Gasteiger partial charge in [0, 0.05) is 11.8 Å². The molecule has 0 fully saturated rings. The van der Waals surface area contributed by atoms with Gasteiger partial charge in [0.25, 0.3) is 0 Å². The number of hydrogen-bond donors (Lipinski definition) is 1. The van der Waals surface area contributed by atoms with Gasteiger partial charge in [-0.05, 0) is 18.6 Å². The zero-order valence-electron chi connectivity index (χ0n) is 8.86. The second-order valence-electron chi connectivity index (χ2n) is 3.26. The molecule has 5 heteroatoms. The van der Waals surface area contributed by atoms with Crippen molar-refractivity contribution < 1.29 is 13.2 Å². The molecule has 0 amide bonds. The molecule has 1 aromatic rings. The molecule has 1 rings (SSSR count). The van der Waals surface area contributed by atoms with E-state index < -0.39 is 9.84 Å². The molecule has 0 spiro atoms. The first-order chi connectivity index (χ1) is 6.99. The average molecular weight is 229 g/mol. The molecular formula is C10H15NO3S. The molecule has 0 aromatic heterocycles. The van der Waals surface area contributed by atoms with Crippen LogP contribution in [0.5, 0.6) is 5.75 Å². The maximum Gasteiger partial charge on any atom is 0.178 e. The van der Waals surface area contributed by atoms with Gasteiger partial charge in [-0.2, -0.15) is 0 Å². The van der Waals surface area contributed by atoms with Crippen LogP contribution >= 0.6 is 0 Å². The number of nitrogen functional groups attached to an aromatic ring is 1. The minimum Gasteiger partial charge on any atom is -0.497 e. The predicted molar refractivity (Wildman–Crippen MR) is 59.8 cm³/mol. The van der Waals surface area contributed by atoms with Crippen molar-refractivity contribution in [2.24, 2.45) is 0 Å². The molecule has 0 heterocycles. The molecule has 0 aliphatic carbocycles. The Hall–Kier alpha value is -1.23. The minimum atomic E-state index is -3.23. The average Bonchev–Trinajstić information content (AvgIpc) is 2.16. The van der Waals surface area contributed by atoms with Crippen molar-refractivity contribution in [3.8, 4) is 5.75 Å². The van der Waals surface area contributed by atoms with Gasteiger partial charge in [-0.15, -0.1) is 0 Å². The van der Waals surface area contributed by atoms with Crippen LogP contribution in [0.3, 0.4) is 0 Å². The van der Waals surface area contributed by atoms with Crippen molar-refractivity contribution in [3.05, 3.63) is 18.2 Å². The molecule has 0 bridgehead atoms. The number of sulfone groups is 1. The lowest BCUT2D eigenvalue weighted by Crippen LogP contribution is -2.06. The lowest BCUT2D eigenvalue weighted by molar-refractivity contribution is 0.413. The fourth-order valence-electron chi connectivity index (χ4n) is 1.28. The summed E-state index contributed by atoms with van der Waals surface area (Å²) in [6.45, 7) is 1.82. The quantitative estimate of drug-likeness (QED) is 0.793. The Bertz CT molecular complexity index is 440. The van der Waals surface area contributed by atoms with Gasteiger partial charge in [-0.3, -0.25) is 0 Å². The number of anilines is 1. The van der Waals surface area contributed by atoms with E-state index in [0.717, 1.165) is 0 Å². The number of nitrogens with two attached hydrogens (primary N) is 1. The van der Waals surface area contributed by atoms with Crippen molar-refractivity contribution in [1.82, 2.24) is 0 Å². The minimum absolute atomic E-state index is 0.125. The van der Waals surface area contributed by atoms with Crippen LogP contribution in [-0.4, -0.2) is 21.3 Å². The highest BCUT2D eigenvalue weighted by molar-refractivity contribution is 7.91. The normalized spacial score (nSPS) is 11.3. The Morgan fingerprint density at radius 1 is 1.33 bits per heavy atom. The van der Waals surface area contributed by atoms with Gasteiger partial charge in [0.15, 0.2) is 9.84 Å². The van der Waals surface area contributed by atoms with Crippen LogP contribution in [0.2, 0.25) is 0 Å². The van der Waals surface area contributed by atoms with E-state index in [2.05, 4.69) is 0 Å². The molecule has 0 saturated carbocycles. The first-order valence-electron chi connectivity index (χ1n) is 4.67. The van der Waals surface area contributed by atoms with Crippen LogP contribution in [-0.2, 0) is 9.84 Å². The van der Waals surface area contributed by atoms with E-state index in [1.165, 1.54) is 19.2 Å². The third-order valence-corrected chi connectivity index (χ3v) is 3.87. The van der Waals surface area contributed by atoms with E-state index in [1.807, 2.05) is 6.92 Å². The third kappa shape index (κ3) is 2.86. The summed E-state index contributed by atoms with van der Waals surface area (Å²) in [5.41, 5.74) is 5.98. The molecule has 84 valence electrons. The third-order valence-electron chi connectivity index (χ3n) is 1.97. The Labute approximate surface area is 90.0 Å². The van der Waals surface area contributed by atoms with E-state index in [1.54, 1.807) is 6.07 Å². The highest BCUT2D eigenvalue weighted by Gasteiger charge is 2.14. The van der Waals surface area contributed by atoms with Crippen molar-refractivity contribution in [2.75, 3.05) is 18.6 Å². The van der Waals surface area contributed by atoms with Gasteiger partial charge < -0.3 is 10.5 Å². The first-order valence-corrected chi connectivity index (χ1v) is 6.32. The number of rotatable bonds is 4. The van der Waals surface area contributed by atoms with Crippen LogP contribution < -0.4 is 10.5 Å². The monoisotopic (exact) mass is 229 g/mol. The van der Waals surface area contributed by atoms with E-state index in [-0.39, 0.29) is 10.6 Å². The van der Waals surface area contributed by atoms with Gasteiger partial charge in [0.2, 0.25) is 0 Å². The Morgan fingerprint density at radius 3 is 2.53 bits per heavy atom. The van der Waals surface area contributed by atoms with Gasteiger partial charge >= 0.3 is 0 Å². The summed E-state index contributed by atoms with van der Waals surface area (Å²) in [7, 11) is -1.75. The van der Waals surface area contributed by atoms with Crippen LogP contribution in [0, 0.1) is 0 Å². The van der Waals surface area contributed by atoms with E-state index >= 15 is 0 Å². The summed E-state index contributed by atoms with van der Waals surface area (Å²) < 4.78 is 28.4. The van der Waals surface area contributed by atoms with Crippen molar-refractivity contribution in [1.29, 1.82) is 0 Å². The predicted octanol–water partition coefficient (Wildman–Crippen LogP) is 1.46. The molecule has 4 nitrogen and oxygen atoms in total. The lowest BCUT2D eigenvalue weighted by Gasteiger charge is -2.07. The van der Waals surface area contributed by atoms with Crippen molar-refractivity contribution >= 4 is 15.5 Å². The second-order valence-corrected chi connectivity index (χ2v) is 5.37. The molecule has 0 aliphatic rings. The van der Waals surface area contributed by atoms with Crippen LogP contribution in [0.4, 0.5) is 5.69 Å². The molecule has 0 radical (unpaired) electrons. The smallest absolute Gasteiger partial charge is 0.178 e. The summed E-state index contributed by atoms with van der Waals surface area (Å²) in [6.07, 6.45) is 0.583. The highest BCUT2D eigenvalue weighted by Crippen LogP contribution is 2.23. The van der Waals surface area contributed by atoms with Gasteiger partial charge in [-0.25, -0.2) is 8.42 Å². The number of hydrogen-bond acceptors (Lipinski definition) is 4. The summed E-state index contributed by atoms with van der Waals surface area (Å²) in [6, 6.07) is 4.53. The highest BCUT2D eigenvalue weighted by atomic mass is 32.2. The fourth-order valence-corrected chi connectivity index (χ4v) is 2.66. The zero-order chi connectivity index (χ0) is 11.5. The van der Waals surface area contributed by atoms with Crippen molar-refractivity contribution in [3.63, 3.8) is 0 Å². The van der Waals surface area contributed by atoms with Crippen molar-refractivity contribution in [2.45, 2.75) is 18.2 Å². The van der Waals surface area contributed by atoms with E-state index in [0.29, 0.717) is 17.9 Å². The topological polar surface area (TPSA) is 69.4 Å². The molecule has 0 aliphatic heterocycles. The van der Waals surface area contributed by atoms with Gasteiger partial charge in [-0.1, -0.05) is 6.92 Å². The SMILES string of the molecule is CCCS(=O)(=O)c1cc(N)cc(OC)c1. The standard InChI is InChI=1S/C10H15NO3S/c1-3-4-15(12,13)10-6-8(11)5-9(7-10)14-2/h5-7H,3-4,11H2,1-2H3. The Morgan fingerprint density at radius 2 is 2.00 bits per heavy atom. The fraction of sp³-hybridized carbons (Fsp3) is 0.400. The first kappa shape index (κ1) is 11.8. The molecule has 0 saturated heterocycles.